The molecule has 1 aromatic carbocycles. The van der Waals surface area contributed by atoms with Crippen LogP contribution in [0.2, 0.25) is 0 Å². The lowest BCUT2D eigenvalue weighted by molar-refractivity contribution is 0.474. The summed E-state index contributed by atoms with van der Waals surface area (Å²) in [6.07, 6.45) is 6.75. The summed E-state index contributed by atoms with van der Waals surface area (Å²) in [7, 11) is 0. The number of nitrogens with one attached hydrogen (secondary N) is 1. The topological polar surface area (TPSA) is 73.6 Å². The lowest BCUT2D eigenvalue weighted by Gasteiger charge is -1.96. The number of imidazole rings is 1. The number of phenolic OH excluding ortho intramolecular Hbond substituents is 1. The summed E-state index contributed by atoms with van der Waals surface area (Å²) in [4.78, 5) is 15.3. The van der Waals surface area contributed by atoms with Gasteiger partial charge in [-0.15, -0.1) is 0 Å². The predicted octanol–water partition coefficient (Wildman–Crippen LogP) is 1.65. The predicted molar refractivity (Wildman–Crippen MR) is 71.6 cm³/mol. The third-order valence-electron chi connectivity index (χ3n) is 2.26. The molecule has 0 bridgehead atoms. The molecule has 2 aromatic rings. The Morgan fingerprint density at radius 3 is 2.67 bits per heavy atom. The zero-order valence-corrected chi connectivity index (χ0v) is 9.82. The molecule has 0 spiro atoms. The highest BCUT2D eigenvalue weighted by atomic mass is 16.3. The average molecular weight is 242 g/mol. The molecule has 0 saturated heterocycles. The van der Waals surface area contributed by atoms with Gasteiger partial charge in [0.1, 0.15) is 11.6 Å². The van der Waals surface area contributed by atoms with E-state index in [1.54, 1.807) is 37.0 Å². The van der Waals surface area contributed by atoms with Crippen LogP contribution < -0.4 is 0 Å². The van der Waals surface area contributed by atoms with Crippen LogP contribution in [0.5, 0.6) is 5.75 Å². The zero-order valence-electron chi connectivity index (χ0n) is 9.82. The number of aliphatic imine (C=N–C) groups is 2. The number of benzene rings is 1. The Morgan fingerprint density at radius 2 is 1.94 bits per heavy atom. The van der Waals surface area contributed by atoms with Crippen molar-refractivity contribution >= 4 is 12.4 Å². The normalized spacial score (nSPS) is 11.6. The van der Waals surface area contributed by atoms with E-state index >= 15 is 0 Å². The Bertz CT molecular complexity index is 532. The van der Waals surface area contributed by atoms with Crippen LogP contribution in [0, 0.1) is 0 Å². The van der Waals surface area contributed by atoms with Crippen molar-refractivity contribution in [2.75, 3.05) is 13.1 Å². The summed E-state index contributed by atoms with van der Waals surface area (Å²) in [5.41, 5.74) is 0.715. The number of aromatic nitrogens is 2. The molecule has 2 N–H and O–H groups in total. The van der Waals surface area contributed by atoms with Crippen molar-refractivity contribution in [2.45, 2.75) is 0 Å². The Morgan fingerprint density at radius 1 is 1.17 bits per heavy atom. The van der Waals surface area contributed by atoms with Gasteiger partial charge in [-0.3, -0.25) is 9.98 Å². The van der Waals surface area contributed by atoms with Crippen LogP contribution >= 0.6 is 0 Å². The van der Waals surface area contributed by atoms with Crippen molar-refractivity contribution in [1.29, 1.82) is 0 Å². The molecule has 0 aliphatic heterocycles. The van der Waals surface area contributed by atoms with E-state index in [0.717, 1.165) is 5.82 Å². The Hall–Kier alpha value is -2.43. The molecular formula is C13H14N4O. The molecule has 0 aliphatic carbocycles. The Labute approximate surface area is 105 Å². The SMILES string of the molecule is Oc1ccccc1C=NCCN=Cc1ncc[nH]1. The lowest BCUT2D eigenvalue weighted by atomic mass is 10.2. The van der Waals surface area contributed by atoms with Crippen molar-refractivity contribution < 1.29 is 5.11 Å². The first kappa shape index (κ1) is 12.0. The molecule has 5 heteroatoms. The van der Waals surface area contributed by atoms with Gasteiger partial charge in [-0.05, 0) is 12.1 Å². The van der Waals surface area contributed by atoms with E-state index in [1.165, 1.54) is 0 Å². The Balaban J connectivity index is 1.77. The van der Waals surface area contributed by atoms with Crippen molar-refractivity contribution in [3.63, 3.8) is 0 Å². The van der Waals surface area contributed by atoms with Gasteiger partial charge in [0.05, 0.1) is 19.3 Å². The van der Waals surface area contributed by atoms with Gasteiger partial charge in [0.2, 0.25) is 0 Å². The van der Waals surface area contributed by atoms with E-state index in [2.05, 4.69) is 20.0 Å². The molecule has 0 unspecified atom stereocenters. The molecule has 0 saturated carbocycles. The second kappa shape index (κ2) is 6.34. The van der Waals surface area contributed by atoms with E-state index < -0.39 is 0 Å². The molecule has 0 fully saturated rings. The van der Waals surface area contributed by atoms with Crippen LogP contribution in [-0.2, 0) is 0 Å². The fraction of sp³-hybridized carbons (Fsp3) is 0.154. The highest BCUT2D eigenvalue weighted by Crippen LogP contribution is 2.12. The van der Waals surface area contributed by atoms with Crippen LogP contribution in [-0.4, -0.2) is 40.6 Å². The van der Waals surface area contributed by atoms with Crippen molar-refractivity contribution in [3.8, 4) is 5.75 Å². The average Bonchev–Trinajstić information content (AvgIpc) is 2.89. The molecule has 0 radical (unpaired) electrons. The monoisotopic (exact) mass is 242 g/mol. The van der Waals surface area contributed by atoms with E-state index in [0.29, 0.717) is 18.7 Å². The first-order valence-electron chi connectivity index (χ1n) is 5.63. The third-order valence-corrected chi connectivity index (χ3v) is 2.26. The lowest BCUT2D eigenvalue weighted by Crippen LogP contribution is -1.91. The third kappa shape index (κ3) is 3.55. The molecule has 18 heavy (non-hydrogen) atoms. The van der Waals surface area contributed by atoms with Gasteiger partial charge in [-0.25, -0.2) is 4.98 Å². The fourth-order valence-corrected chi connectivity index (χ4v) is 1.37. The maximum Gasteiger partial charge on any atom is 0.147 e. The number of hydrogen-bond acceptors (Lipinski definition) is 4. The number of H-pyrrole nitrogens is 1. The standard InChI is InChI=1S/C13H14N4O/c18-12-4-2-1-3-11(12)9-14-5-6-15-10-13-16-7-8-17-13/h1-4,7-10,18H,5-6H2,(H,16,17). The summed E-state index contributed by atoms with van der Waals surface area (Å²) >= 11 is 0. The number of para-hydroxylation sites is 1. The van der Waals surface area contributed by atoms with E-state index in [4.69, 9.17) is 0 Å². The highest BCUT2D eigenvalue weighted by Gasteiger charge is 1.93. The molecule has 92 valence electrons. The number of aromatic hydroxyl groups is 1. The molecule has 1 aromatic heterocycles. The minimum Gasteiger partial charge on any atom is -0.507 e. The smallest absolute Gasteiger partial charge is 0.147 e. The minimum atomic E-state index is 0.236. The quantitative estimate of drug-likeness (QED) is 0.618. The first-order chi connectivity index (χ1) is 8.86. The van der Waals surface area contributed by atoms with Crippen LogP contribution in [0.4, 0.5) is 0 Å². The first-order valence-corrected chi connectivity index (χ1v) is 5.63. The summed E-state index contributed by atoms with van der Waals surface area (Å²) < 4.78 is 0. The summed E-state index contributed by atoms with van der Waals surface area (Å²) in [5, 5.41) is 9.50. The molecule has 0 aliphatic rings. The van der Waals surface area contributed by atoms with Crippen molar-refractivity contribution in [2.24, 2.45) is 9.98 Å². The van der Waals surface area contributed by atoms with Gasteiger partial charge in [0, 0.05) is 24.2 Å². The van der Waals surface area contributed by atoms with Gasteiger partial charge in [-0.1, -0.05) is 12.1 Å². The van der Waals surface area contributed by atoms with E-state index in [-0.39, 0.29) is 5.75 Å². The molecule has 0 amide bonds. The maximum absolute atomic E-state index is 9.50. The van der Waals surface area contributed by atoms with Gasteiger partial charge >= 0.3 is 0 Å². The number of aromatic amines is 1. The Kier molecular flexibility index (Phi) is 4.24. The minimum absolute atomic E-state index is 0.236. The molecule has 0 atom stereocenters. The summed E-state index contributed by atoms with van der Waals surface area (Å²) in [6, 6.07) is 7.08. The summed E-state index contributed by atoms with van der Waals surface area (Å²) in [5.74, 6) is 0.972. The highest BCUT2D eigenvalue weighted by molar-refractivity contribution is 5.83. The summed E-state index contributed by atoms with van der Waals surface area (Å²) in [6.45, 7) is 1.16. The van der Waals surface area contributed by atoms with E-state index in [1.807, 2.05) is 12.1 Å². The maximum atomic E-state index is 9.50. The van der Waals surface area contributed by atoms with Crippen molar-refractivity contribution in [3.05, 3.63) is 48.0 Å². The second-order valence-corrected chi connectivity index (χ2v) is 3.60. The van der Waals surface area contributed by atoms with Crippen LogP contribution in [0.3, 0.4) is 0 Å². The zero-order chi connectivity index (χ0) is 12.6. The molecule has 5 nitrogen and oxygen atoms in total. The van der Waals surface area contributed by atoms with Gasteiger partial charge in [0.25, 0.3) is 0 Å². The molecule has 2 rings (SSSR count). The largest absolute Gasteiger partial charge is 0.507 e. The molecule has 1 heterocycles. The number of hydrogen-bond donors (Lipinski definition) is 2. The second-order valence-electron chi connectivity index (χ2n) is 3.60. The van der Waals surface area contributed by atoms with Gasteiger partial charge < -0.3 is 10.1 Å². The van der Waals surface area contributed by atoms with Crippen LogP contribution in [0.1, 0.15) is 11.4 Å². The number of phenols is 1. The van der Waals surface area contributed by atoms with Crippen LogP contribution in [0.25, 0.3) is 0 Å². The molecular weight excluding hydrogens is 228 g/mol. The number of nitrogens with zero attached hydrogens (tertiary/aromatic N) is 3. The van der Waals surface area contributed by atoms with Crippen molar-refractivity contribution in [1.82, 2.24) is 9.97 Å². The van der Waals surface area contributed by atoms with E-state index in [9.17, 15) is 5.11 Å². The van der Waals surface area contributed by atoms with Crippen LogP contribution in [0.15, 0.2) is 46.6 Å². The van der Waals surface area contributed by atoms with Gasteiger partial charge in [0.15, 0.2) is 0 Å². The fourth-order valence-electron chi connectivity index (χ4n) is 1.37. The number of rotatable bonds is 5. The van der Waals surface area contributed by atoms with Gasteiger partial charge in [-0.2, -0.15) is 0 Å².